The summed E-state index contributed by atoms with van der Waals surface area (Å²) < 4.78 is 5.44. The van der Waals surface area contributed by atoms with Crippen LogP contribution >= 0.6 is 0 Å². The normalized spacial score (nSPS) is 22.5. The number of carboxylic acids is 1. The zero-order valence-corrected chi connectivity index (χ0v) is 21.5. The Morgan fingerprint density at radius 3 is 2.59 bits per heavy atom. The summed E-state index contributed by atoms with van der Waals surface area (Å²) in [7, 11) is 0. The molecular formula is C28H30N4O5. The Hall–Kier alpha value is -4.14. The number of amides is 1. The first-order valence-corrected chi connectivity index (χ1v) is 12.2. The third kappa shape index (κ3) is 4.14. The fraction of sp³-hybridized carbons (Fsp3) is 0.357. The van der Waals surface area contributed by atoms with Gasteiger partial charge in [-0.15, -0.1) is 0 Å². The lowest BCUT2D eigenvalue weighted by Gasteiger charge is -2.22. The average molecular weight is 503 g/mol. The number of anilines is 2. The monoisotopic (exact) mass is 502 g/mol. The topological polar surface area (TPSA) is 124 Å². The Bertz CT molecular complexity index is 1420. The highest BCUT2D eigenvalue weighted by Crippen LogP contribution is 2.50. The van der Waals surface area contributed by atoms with Crippen molar-refractivity contribution >= 4 is 34.7 Å². The maximum atomic E-state index is 13.3. The second-order valence-corrected chi connectivity index (χ2v) is 11.0. The number of aliphatic carboxylic acids is 1. The molecule has 1 amide bonds. The molecule has 192 valence electrons. The van der Waals surface area contributed by atoms with E-state index in [2.05, 4.69) is 49.4 Å². The minimum atomic E-state index is -1.16. The number of phenolic OH excluding ortho intramolecular Hbond substituents is 1. The number of ether oxygens (including phenoxy) is 1. The van der Waals surface area contributed by atoms with Gasteiger partial charge in [0.25, 0.3) is 0 Å². The van der Waals surface area contributed by atoms with Gasteiger partial charge in [0, 0.05) is 12.0 Å². The van der Waals surface area contributed by atoms with Crippen molar-refractivity contribution in [2.75, 3.05) is 10.4 Å². The first-order valence-electron chi connectivity index (χ1n) is 12.2. The molecule has 0 saturated carbocycles. The number of aromatic hydroxyl groups is 1. The van der Waals surface area contributed by atoms with Crippen molar-refractivity contribution in [1.29, 1.82) is 0 Å². The molecule has 1 aliphatic carbocycles. The number of phenols is 1. The average Bonchev–Trinajstić information content (AvgIpc) is 3.47. The zero-order valence-electron chi connectivity index (χ0n) is 21.5. The van der Waals surface area contributed by atoms with Gasteiger partial charge in [0.1, 0.15) is 11.9 Å². The van der Waals surface area contributed by atoms with Crippen molar-refractivity contribution in [3.8, 4) is 5.75 Å². The van der Waals surface area contributed by atoms with Crippen LogP contribution in [0.1, 0.15) is 70.3 Å². The predicted octanol–water partition coefficient (Wildman–Crippen LogP) is 4.97. The lowest BCUT2D eigenvalue weighted by molar-refractivity contribution is -0.137. The van der Waals surface area contributed by atoms with Crippen LogP contribution in [0, 0.1) is 0 Å². The Balaban J connectivity index is 1.37. The van der Waals surface area contributed by atoms with Gasteiger partial charge in [-0.3, -0.25) is 10.2 Å². The minimum absolute atomic E-state index is 0.0127. The highest BCUT2D eigenvalue weighted by atomic mass is 16.5. The Kier molecular flexibility index (Phi) is 5.62. The first kappa shape index (κ1) is 24.5. The molecule has 2 aromatic carbocycles. The molecule has 1 unspecified atom stereocenters. The van der Waals surface area contributed by atoms with E-state index in [4.69, 9.17) is 9.84 Å². The molecule has 0 bridgehead atoms. The van der Waals surface area contributed by atoms with Crippen LogP contribution in [0.5, 0.6) is 5.75 Å². The maximum Gasteiger partial charge on any atom is 0.370 e. The van der Waals surface area contributed by atoms with Crippen molar-refractivity contribution in [3.63, 3.8) is 0 Å². The van der Waals surface area contributed by atoms with Gasteiger partial charge in [-0.2, -0.15) is 15.2 Å². The van der Waals surface area contributed by atoms with Gasteiger partial charge in [0.15, 0.2) is 5.71 Å². The Morgan fingerprint density at radius 2 is 1.89 bits per heavy atom. The molecule has 1 atom stereocenters. The SMILES string of the molecule is CC1=NN(c2ccc3c(c2)C(C)(C)CC3(C)C)C(=O)/C1=N\Nc1cccc(C2CC=C(C(=O)O)O2)c1O. The number of rotatable bonds is 5. The third-order valence-corrected chi connectivity index (χ3v) is 7.28. The molecule has 0 radical (unpaired) electrons. The van der Waals surface area contributed by atoms with Gasteiger partial charge in [-0.1, -0.05) is 45.9 Å². The third-order valence-electron chi connectivity index (χ3n) is 7.28. The summed E-state index contributed by atoms with van der Waals surface area (Å²) in [6, 6.07) is 11.0. The quantitative estimate of drug-likeness (QED) is 0.392. The summed E-state index contributed by atoms with van der Waals surface area (Å²) >= 11 is 0. The molecule has 9 nitrogen and oxygen atoms in total. The van der Waals surface area contributed by atoms with Gasteiger partial charge in [0.05, 0.1) is 17.1 Å². The van der Waals surface area contributed by atoms with Crippen LogP contribution in [0.25, 0.3) is 0 Å². The molecule has 5 rings (SSSR count). The standard InChI is InChI=1S/C28H30N4O5/c1-15-23(30-29-20-8-6-7-17(24(20)33)21-11-12-22(37-21)26(35)36)25(34)32(31-15)16-9-10-18-19(13-16)28(4,5)14-27(18,2)3/h6-10,12-13,21,29,33H,11,14H2,1-5H3,(H,35,36)/b30-23-. The Morgan fingerprint density at radius 1 is 1.16 bits per heavy atom. The van der Waals surface area contributed by atoms with Gasteiger partial charge in [0.2, 0.25) is 5.76 Å². The summed E-state index contributed by atoms with van der Waals surface area (Å²) in [5, 5.41) is 30.0. The molecular weight excluding hydrogens is 472 g/mol. The molecule has 9 heteroatoms. The number of hydrogen-bond donors (Lipinski definition) is 3. The fourth-order valence-electron chi connectivity index (χ4n) is 5.73. The molecule has 2 aliphatic heterocycles. The summed E-state index contributed by atoms with van der Waals surface area (Å²) in [6.07, 6.45) is 2.19. The molecule has 0 aromatic heterocycles. The van der Waals surface area contributed by atoms with Crippen molar-refractivity contribution in [2.45, 2.75) is 64.4 Å². The van der Waals surface area contributed by atoms with E-state index in [1.54, 1.807) is 25.1 Å². The number of hydrazone groups is 2. The van der Waals surface area contributed by atoms with Crippen LogP contribution < -0.4 is 10.4 Å². The fourth-order valence-corrected chi connectivity index (χ4v) is 5.73. The van der Waals surface area contributed by atoms with Gasteiger partial charge in [-0.05, 0) is 59.6 Å². The van der Waals surface area contributed by atoms with Gasteiger partial charge < -0.3 is 14.9 Å². The van der Waals surface area contributed by atoms with Gasteiger partial charge in [-0.25, -0.2) is 4.79 Å². The summed E-state index contributed by atoms with van der Waals surface area (Å²) in [5.74, 6) is -1.80. The molecule has 3 aliphatic rings. The second kappa shape index (κ2) is 8.47. The van der Waals surface area contributed by atoms with Crippen LogP contribution in [0.4, 0.5) is 11.4 Å². The number of carbonyl (C=O) groups excluding carboxylic acids is 1. The molecule has 3 N–H and O–H groups in total. The highest BCUT2D eigenvalue weighted by molar-refractivity contribution is 6.71. The first-order chi connectivity index (χ1) is 17.4. The van der Waals surface area contributed by atoms with E-state index >= 15 is 0 Å². The Labute approximate surface area is 215 Å². The van der Waals surface area contributed by atoms with Crippen LogP contribution in [-0.2, 0) is 25.2 Å². The smallest absolute Gasteiger partial charge is 0.370 e. The number of fused-ring (bicyclic) bond motifs is 1. The van der Waals surface area contributed by atoms with E-state index in [1.807, 2.05) is 12.1 Å². The van der Waals surface area contributed by atoms with E-state index in [-0.39, 0.29) is 39.6 Å². The molecule has 37 heavy (non-hydrogen) atoms. The summed E-state index contributed by atoms with van der Waals surface area (Å²) in [4.78, 5) is 24.4. The van der Waals surface area contributed by atoms with E-state index in [0.717, 1.165) is 6.42 Å². The second-order valence-electron chi connectivity index (χ2n) is 11.0. The van der Waals surface area contributed by atoms with Crippen LogP contribution in [0.15, 0.2) is 58.4 Å². The number of hydrogen-bond acceptors (Lipinski definition) is 7. The van der Waals surface area contributed by atoms with Crippen molar-refractivity contribution in [2.24, 2.45) is 10.2 Å². The van der Waals surface area contributed by atoms with E-state index in [0.29, 0.717) is 23.4 Å². The molecule has 2 heterocycles. The van der Waals surface area contributed by atoms with Crippen molar-refractivity contribution < 1.29 is 24.5 Å². The molecule has 2 aromatic rings. The van der Waals surface area contributed by atoms with Crippen molar-refractivity contribution in [1.82, 2.24) is 0 Å². The van der Waals surface area contributed by atoms with E-state index in [1.165, 1.54) is 22.2 Å². The number of nitrogens with one attached hydrogen (secondary N) is 1. The lowest BCUT2D eigenvalue weighted by Crippen LogP contribution is -2.28. The summed E-state index contributed by atoms with van der Waals surface area (Å²) in [5.41, 5.74) is 7.28. The van der Waals surface area contributed by atoms with E-state index < -0.39 is 12.1 Å². The number of carboxylic acid groups (broad SMARTS) is 1. The number of carbonyl (C=O) groups is 2. The van der Waals surface area contributed by atoms with Crippen molar-refractivity contribution in [3.05, 3.63) is 64.9 Å². The zero-order chi connectivity index (χ0) is 26.7. The van der Waals surface area contributed by atoms with Crippen LogP contribution in [0.3, 0.4) is 0 Å². The number of benzene rings is 2. The molecule has 0 spiro atoms. The van der Waals surface area contributed by atoms with E-state index in [9.17, 15) is 14.7 Å². The van der Waals surface area contributed by atoms with Gasteiger partial charge >= 0.3 is 11.9 Å². The highest BCUT2D eigenvalue weighted by Gasteiger charge is 2.42. The number of para-hydroxylation sites is 1. The van der Waals surface area contributed by atoms with Crippen LogP contribution in [-0.4, -0.2) is 33.5 Å². The molecule has 0 fully saturated rings. The molecule has 0 saturated heterocycles. The predicted molar refractivity (Wildman–Crippen MR) is 141 cm³/mol. The lowest BCUT2D eigenvalue weighted by atomic mass is 9.82. The minimum Gasteiger partial charge on any atom is -0.505 e. The number of nitrogens with zero attached hydrogens (tertiary/aromatic N) is 3. The summed E-state index contributed by atoms with van der Waals surface area (Å²) in [6.45, 7) is 10.6. The van der Waals surface area contributed by atoms with Crippen LogP contribution in [0.2, 0.25) is 0 Å². The largest absolute Gasteiger partial charge is 0.505 e. The maximum absolute atomic E-state index is 13.3.